The molecule has 2 heterocycles. The Morgan fingerprint density at radius 1 is 0.833 bits per heavy atom. The van der Waals surface area contributed by atoms with Crippen molar-refractivity contribution < 1.29 is 0 Å². The second kappa shape index (κ2) is 8.53. The van der Waals surface area contributed by atoms with E-state index < -0.39 is 0 Å². The molecule has 0 spiro atoms. The van der Waals surface area contributed by atoms with E-state index in [1.54, 1.807) is 4.57 Å². The molecule has 154 valence electrons. The minimum atomic E-state index is -0.303. The van der Waals surface area contributed by atoms with Crippen molar-refractivity contribution in [3.05, 3.63) is 98.5 Å². The minimum absolute atomic E-state index is 0.163. The van der Waals surface area contributed by atoms with E-state index in [0.717, 1.165) is 17.5 Å². The Labute approximate surface area is 174 Å². The lowest BCUT2D eigenvalue weighted by Gasteiger charge is -2.15. The topological polar surface area (TPSA) is 72.7 Å². The molecule has 4 rings (SSSR count). The molecular weight excluding hydrogens is 376 g/mol. The van der Waals surface area contributed by atoms with Crippen molar-refractivity contribution in [3.63, 3.8) is 0 Å². The molecule has 0 aliphatic heterocycles. The number of H-pyrrole nitrogens is 1. The Hall–Kier alpha value is -3.41. The molecule has 0 fully saturated rings. The van der Waals surface area contributed by atoms with Crippen LogP contribution in [0.15, 0.2) is 70.3 Å². The number of hydrogen-bond acceptors (Lipinski definition) is 3. The first-order valence-electron chi connectivity index (χ1n) is 10.5. The maximum atomic E-state index is 13.1. The third kappa shape index (κ3) is 3.49. The maximum Gasteiger partial charge on any atom is 0.332 e. The van der Waals surface area contributed by atoms with Crippen LogP contribution in [0.2, 0.25) is 0 Å². The van der Waals surface area contributed by atoms with Crippen molar-refractivity contribution in [2.45, 2.75) is 45.7 Å². The number of nitrogens with one attached hydrogen (secondary N) is 1. The van der Waals surface area contributed by atoms with Crippen LogP contribution in [0.25, 0.3) is 11.2 Å². The van der Waals surface area contributed by atoms with Crippen LogP contribution < -0.4 is 11.2 Å². The molecule has 0 unspecified atom stereocenters. The molecule has 0 amide bonds. The standard InChI is InChI=1S/C24H26N4O2/c1-3-15-27-22-20(23(29)28(16-4-2)24(27)30)25-21(26-22)19(17-11-7-5-8-12-17)18-13-9-6-10-14-18/h5-14,19H,3-4,15-16H2,1-2H3,(H,25,26). The van der Waals surface area contributed by atoms with Gasteiger partial charge in [0.1, 0.15) is 11.3 Å². The number of hydrogen-bond donors (Lipinski definition) is 1. The highest BCUT2D eigenvalue weighted by atomic mass is 16.2. The molecule has 0 aliphatic carbocycles. The normalized spacial score (nSPS) is 11.4. The van der Waals surface area contributed by atoms with Gasteiger partial charge in [0.05, 0.1) is 5.92 Å². The lowest BCUT2D eigenvalue weighted by atomic mass is 9.91. The van der Waals surface area contributed by atoms with E-state index in [9.17, 15) is 9.59 Å². The summed E-state index contributed by atoms with van der Waals surface area (Å²) >= 11 is 0. The van der Waals surface area contributed by atoms with Crippen LogP contribution in [0.4, 0.5) is 0 Å². The highest BCUT2D eigenvalue weighted by Crippen LogP contribution is 2.30. The molecule has 0 bridgehead atoms. The molecular formula is C24H26N4O2. The molecule has 6 nitrogen and oxygen atoms in total. The van der Waals surface area contributed by atoms with E-state index >= 15 is 0 Å². The highest BCUT2D eigenvalue weighted by Gasteiger charge is 2.23. The summed E-state index contributed by atoms with van der Waals surface area (Å²) in [6, 6.07) is 20.2. The van der Waals surface area contributed by atoms with Crippen molar-refractivity contribution in [1.82, 2.24) is 19.1 Å². The predicted molar refractivity (Wildman–Crippen MR) is 119 cm³/mol. The van der Waals surface area contributed by atoms with E-state index in [1.807, 2.05) is 50.2 Å². The summed E-state index contributed by atoms with van der Waals surface area (Å²) in [5, 5.41) is 0. The van der Waals surface area contributed by atoms with Gasteiger partial charge in [-0.1, -0.05) is 74.5 Å². The van der Waals surface area contributed by atoms with Crippen LogP contribution in [-0.4, -0.2) is 19.1 Å². The average molecular weight is 402 g/mol. The van der Waals surface area contributed by atoms with Crippen molar-refractivity contribution in [3.8, 4) is 0 Å². The first-order valence-corrected chi connectivity index (χ1v) is 10.5. The first-order chi connectivity index (χ1) is 14.7. The SMILES string of the molecule is CCCn1c(=O)c2[nH]c(C(c3ccccc3)c3ccccc3)nc2n(CCC)c1=O. The predicted octanol–water partition coefficient (Wildman–Crippen LogP) is 3.89. The Morgan fingerprint density at radius 2 is 1.37 bits per heavy atom. The Kier molecular flexibility index (Phi) is 5.65. The highest BCUT2D eigenvalue weighted by molar-refractivity contribution is 5.70. The number of rotatable bonds is 7. The van der Waals surface area contributed by atoms with Crippen molar-refractivity contribution >= 4 is 11.2 Å². The molecule has 30 heavy (non-hydrogen) atoms. The number of aromatic nitrogens is 4. The van der Waals surface area contributed by atoms with Gasteiger partial charge in [0.2, 0.25) is 0 Å². The average Bonchev–Trinajstić information content (AvgIpc) is 3.21. The summed E-state index contributed by atoms with van der Waals surface area (Å²) in [4.78, 5) is 34.1. The molecule has 0 aliphatic rings. The van der Waals surface area contributed by atoms with Crippen LogP contribution in [-0.2, 0) is 13.1 Å². The smallest absolute Gasteiger partial charge is 0.332 e. The van der Waals surface area contributed by atoms with Gasteiger partial charge in [-0.2, -0.15) is 0 Å². The number of nitrogens with zero attached hydrogens (tertiary/aromatic N) is 3. The summed E-state index contributed by atoms with van der Waals surface area (Å²) in [6.07, 6.45) is 1.49. The second-order valence-electron chi connectivity index (χ2n) is 7.47. The van der Waals surface area contributed by atoms with E-state index in [1.165, 1.54) is 4.57 Å². The molecule has 6 heteroatoms. The van der Waals surface area contributed by atoms with E-state index in [4.69, 9.17) is 4.98 Å². The summed E-state index contributed by atoms with van der Waals surface area (Å²) in [7, 11) is 0. The minimum Gasteiger partial charge on any atom is -0.335 e. The number of aromatic amines is 1. The fourth-order valence-corrected chi connectivity index (χ4v) is 3.97. The van der Waals surface area contributed by atoms with Gasteiger partial charge < -0.3 is 4.98 Å². The lowest BCUT2D eigenvalue weighted by Crippen LogP contribution is -2.40. The third-order valence-corrected chi connectivity index (χ3v) is 5.31. The maximum absolute atomic E-state index is 13.1. The quantitative estimate of drug-likeness (QED) is 0.510. The molecule has 2 aromatic heterocycles. The number of aryl methyl sites for hydroxylation is 1. The summed E-state index contributed by atoms with van der Waals surface area (Å²) in [5.74, 6) is 0.502. The summed E-state index contributed by atoms with van der Waals surface area (Å²) in [6.45, 7) is 4.88. The van der Waals surface area contributed by atoms with Crippen LogP contribution >= 0.6 is 0 Å². The van der Waals surface area contributed by atoms with Gasteiger partial charge in [0.25, 0.3) is 5.56 Å². The number of benzene rings is 2. The van der Waals surface area contributed by atoms with Gasteiger partial charge in [0, 0.05) is 13.1 Å². The zero-order valence-electron chi connectivity index (χ0n) is 17.3. The monoisotopic (exact) mass is 402 g/mol. The number of imidazole rings is 1. The Balaban J connectivity index is 1.99. The number of fused-ring (bicyclic) bond motifs is 1. The molecule has 4 aromatic rings. The fourth-order valence-electron chi connectivity index (χ4n) is 3.97. The van der Waals surface area contributed by atoms with Crippen molar-refractivity contribution in [1.29, 1.82) is 0 Å². The van der Waals surface area contributed by atoms with Crippen molar-refractivity contribution in [2.75, 3.05) is 0 Å². The van der Waals surface area contributed by atoms with Gasteiger partial charge in [-0.3, -0.25) is 13.9 Å². The molecule has 1 N–H and O–H groups in total. The largest absolute Gasteiger partial charge is 0.335 e. The molecule has 0 atom stereocenters. The van der Waals surface area contributed by atoms with Gasteiger partial charge in [-0.05, 0) is 24.0 Å². The molecule has 2 aromatic carbocycles. The van der Waals surface area contributed by atoms with Crippen LogP contribution in [0, 0.1) is 0 Å². The lowest BCUT2D eigenvalue weighted by molar-refractivity contribution is 0.555. The van der Waals surface area contributed by atoms with E-state index in [2.05, 4.69) is 29.2 Å². The van der Waals surface area contributed by atoms with Gasteiger partial charge in [-0.15, -0.1) is 0 Å². The molecule has 0 radical (unpaired) electrons. The van der Waals surface area contributed by atoms with Crippen LogP contribution in [0.5, 0.6) is 0 Å². The Morgan fingerprint density at radius 3 is 1.90 bits per heavy atom. The van der Waals surface area contributed by atoms with Gasteiger partial charge >= 0.3 is 5.69 Å². The molecule has 0 saturated carbocycles. The second-order valence-corrected chi connectivity index (χ2v) is 7.47. The zero-order valence-corrected chi connectivity index (χ0v) is 17.3. The molecule has 0 saturated heterocycles. The third-order valence-electron chi connectivity index (χ3n) is 5.31. The van der Waals surface area contributed by atoms with E-state index in [-0.39, 0.29) is 17.2 Å². The summed E-state index contributed by atoms with van der Waals surface area (Å²) < 4.78 is 2.94. The zero-order chi connectivity index (χ0) is 21.1. The summed E-state index contributed by atoms with van der Waals surface area (Å²) in [5.41, 5.74) is 2.38. The van der Waals surface area contributed by atoms with E-state index in [0.29, 0.717) is 36.5 Å². The van der Waals surface area contributed by atoms with Crippen LogP contribution in [0.3, 0.4) is 0 Å². The van der Waals surface area contributed by atoms with Gasteiger partial charge in [-0.25, -0.2) is 9.78 Å². The van der Waals surface area contributed by atoms with Crippen LogP contribution in [0.1, 0.15) is 49.6 Å². The Bertz CT molecular complexity index is 1210. The fraction of sp³-hybridized carbons (Fsp3) is 0.292. The first kappa shape index (κ1) is 19.9. The van der Waals surface area contributed by atoms with Gasteiger partial charge in [0.15, 0.2) is 5.65 Å². The van der Waals surface area contributed by atoms with Crippen molar-refractivity contribution in [2.24, 2.45) is 0 Å².